The highest BCUT2D eigenvalue weighted by Gasteiger charge is 2.13. The molecular weight excluding hydrogens is 320 g/mol. The van der Waals surface area contributed by atoms with E-state index in [4.69, 9.17) is 9.15 Å². The van der Waals surface area contributed by atoms with Gasteiger partial charge in [-0.15, -0.1) is 0 Å². The van der Waals surface area contributed by atoms with Crippen LogP contribution in [0.4, 0.5) is 0 Å². The normalized spacial score (nSPS) is 10.4. The number of carbonyl (C=O) groups excluding carboxylic acids is 2. The summed E-state index contributed by atoms with van der Waals surface area (Å²) in [5, 5.41) is 0.533. The van der Waals surface area contributed by atoms with Crippen molar-refractivity contribution in [2.45, 2.75) is 25.6 Å². The number of aryl methyl sites for hydroxylation is 2. The zero-order valence-corrected chi connectivity index (χ0v) is 13.8. The minimum absolute atomic E-state index is 0.0515. The molecular formula is C15H16N2O5S. The number of esters is 2. The molecule has 0 fully saturated rings. The average Bonchev–Trinajstić information content (AvgIpc) is 2.98. The summed E-state index contributed by atoms with van der Waals surface area (Å²) in [5.74, 6) is -0.477. The number of rotatable bonds is 6. The van der Waals surface area contributed by atoms with Gasteiger partial charge >= 0.3 is 11.9 Å². The van der Waals surface area contributed by atoms with Crippen LogP contribution in [-0.2, 0) is 20.9 Å². The molecule has 2 aromatic rings. The van der Waals surface area contributed by atoms with Gasteiger partial charge in [0.1, 0.15) is 12.4 Å². The SMILES string of the molecule is COC(=O)c1ccc(COC(=O)CSc2nc(C)cc(C)n2)o1. The maximum atomic E-state index is 11.7. The van der Waals surface area contributed by atoms with E-state index in [0.29, 0.717) is 10.9 Å². The largest absolute Gasteiger partial charge is 0.463 e. The molecule has 0 atom stereocenters. The van der Waals surface area contributed by atoms with Crippen LogP contribution in [0.3, 0.4) is 0 Å². The minimum Gasteiger partial charge on any atom is -0.463 e. The van der Waals surface area contributed by atoms with Gasteiger partial charge in [-0.1, -0.05) is 11.8 Å². The van der Waals surface area contributed by atoms with Crippen LogP contribution in [-0.4, -0.2) is 34.8 Å². The molecule has 0 spiro atoms. The number of aromatic nitrogens is 2. The van der Waals surface area contributed by atoms with Crippen molar-refractivity contribution in [3.8, 4) is 0 Å². The van der Waals surface area contributed by atoms with Crippen molar-refractivity contribution in [2.75, 3.05) is 12.9 Å². The van der Waals surface area contributed by atoms with Gasteiger partial charge in [0.2, 0.25) is 5.76 Å². The lowest BCUT2D eigenvalue weighted by Gasteiger charge is -2.04. The highest BCUT2D eigenvalue weighted by Crippen LogP contribution is 2.15. The molecule has 0 aliphatic rings. The van der Waals surface area contributed by atoms with Crippen LogP contribution in [0.15, 0.2) is 27.8 Å². The van der Waals surface area contributed by atoms with E-state index >= 15 is 0 Å². The molecule has 7 nitrogen and oxygen atoms in total. The molecule has 0 bridgehead atoms. The Bertz CT molecular complexity index is 693. The molecule has 0 saturated heterocycles. The average molecular weight is 336 g/mol. The second-order valence-electron chi connectivity index (χ2n) is 4.64. The number of furan rings is 1. The standard InChI is InChI=1S/C15H16N2O5S/c1-9-6-10(2)17-15(16-9)23-8-13(18)21-7-11-4-5-12(22-11)14(19)20-3/h4-6H,7-8H2,1-3H3. The molecule has 2 rings (SSSR count). The van der Waals surface area contributed by atoms with Crippen LogP contribution in [0.1, 0.15) is 27.7 Å². The topological polar surface area (TPSA) is 91.5 Å². The van der Waals surface area contributed by atoms with Gasteiger partial charge in [0.05, 0.1) is 12.9 Å². The molecule has 0 unspecified atom stereocenters. The number of ether oxygens (including phenoxy) is 2. The predicted octanol–water partition coefficient (Wildman–Crippen LogP) is 2.31. The number of methoxy groups -OCH3 is 1. The quantitative estimate of drug-likeness (QED) is 0.451. The second-order valence-corrected chi connectivity index (χ2v) is 5.58. The monoisotopic (exact) mass is 336 g/mol. The van der Waals surface area contributed by atoms with Gasteiger partial charge in [0.15, 0.2) is 5.16 Å². The Morgan fingerprint density at radius 2 is 1.91 bits per heavy atom. The Balaban J connectivity index is 1.81. The van der Waals surface area contributed by atoms with Crippen molar-refractivity contribution in [1.82, 2.24) is 9.97 Å². The maximum absolute atomic E-state index is 11.7. The van der Waals surface area contributed by atoms with Gasteiger partial charge in [-0.25, -0.2) is 14.8 Å². The first-order valence-corrected chi connectivity index (χ1v) is 7.74. The number of hydrogen-bond donors (Lipinski definition) is 0. The molecule has 122 valence electrons. The van der Waals surface area contributed by atoms with E-state index in [-0.39, 0.29) is 18.1 Å². The molecule has 23 heavy (non-hydrogen) atoms. The first kappa shape index (κ1) is 17.0. The summed E-state index contributed by atoms with van der Waals surface area (Å²) in [6.07, 6.45) is 0. The number of hydrogen-bond acceptors (Lipinski definition) is 8. The van der Waals surface area contributed by atoms with Crippen molar-refractivity contribution in [3.05, 3.63) is 41.1 Å². The first-order chi connectivity index (χ1) is 11.0. The van der Waals surface area contributed by atoms with E-state index < -0.39 is 11.9 Å². The molecule has 0 N–H and O–H groups in total. The third-order valence-corrected chi connectivity index (χ3v) is 3.53. The molecule has 0 aliphatic carbocycles. The summed E-state index contributed by atoms with van der Waals surface area (Å²) >= 11 is 1.20. The van der Waals surface area contributed by atoms with Gasteiger partial charge in [-0.05, 0) is 32.0 Å². The zero-order chi connectivity index (χ0) is 16.8. The molecule has 0 aliphatic heterocycles. The predicted molar refractivity (Wildman–Crippen MR) is 82.1 cm³/mol. The highest BCUT2D eigenvalue weighted by atomic mass is 32.2. The van der Waals surface area contributed by atoms with E-state index in [1.807, 2.05) is 19.9 Å². The number of thioether (sulfide) groups is 1. The lowest BCUT2D eigenvalue weighted by Crippen LogP contribution is -2.08. The zero-order valence-electron chi connectivity index (χ0n) is 13.0. The van der Waals surface area contributed by atoms with Gasteiger partial charge < -0.3 is 13.9 Å². The van der Waals surface area contributed by atoms with E-state index in [2.05, 4.69) is 14.7 Å². The smallest absolute Gasteiger partial charge is 0.373 e. The molecule has 2 aromatic heterocycles. The third kappa shape index (κ3) is 5.10. The summed E-state index contributed by atoms with van der Waals surface area (Å²) < 4.78 is 14.8. The fourth-order valence-electron chi connectivity index (χ4n) is 1.74. The summed E-state index contributed by atoms with van der Waals surface area (Å²) in [5.41, 5.74) is 1.69. The Labute approximate surface area is 137 Å². The van der Waals surface area contributed by atoms with Crippen molar-refractivity contribution < 1.29 is 23.5 Å². The van der Waals surface area contributed by atoms with Crippen LogP contribution < -0.4 is 0 Å². The lowest BCUT2D eigenvalue weighted by atomic mass is 10.4. The van der Waals surface area contributed by atoms with Crippen LogP contribution in [0, 0.1) is 13.8 Å². The van der Waals surface area contributed by atoms with E-state index in [9.17, 15) is 9.59 Å². The van der Waals surface area contributed by atoms with E-state index in [1.165, 1.54) is 24.9 Å². The molecule has 2 heterocycles. The van der Waals surface area contributed by atoms with Crippen molar-refractivity contribution in [3.63, 3.8) is 0 Å². The summed E-state index contributed by atoms with van der Waals surface area (Å²) in [6.45, 7) is 3.68. The first-order valence-electron chi connectivity index (χ1n) is 6.75. The van der Waals surface area contributed by atoms with Crippen LogP contribution in [0.5, 0.6) is 0 Å². The molecule has 0 radical (unpaired) electrons. The maximum Gasteiger partial charge on any atom is 0.373 e. The third-order valence-electron chi connectivity index (χ3n) is 2.70. The summed E-state index contributed by atoms with van der Waals surface area (Å²) in [4.78, 5) is 31.4. The molecule has 8 heteroatoms. The van der Waals surface area contributed by atoms with E-state index in [1.54, 1.807) is 6.07 Å². The highest BCUT2D eigenvalue weighted by molar-refractivity contribution is 7.99. The Morgan fingerprint density at radius 3 is 2.57 bits per heavy atom. The van der Waals surface area contributed by atoms with Crippen LogP contribution in [0.2, 0.25) is 0 Å². The van der Waals surface area contributed by atoms with Crippen molar-refractivity contribution in [2.24, 2.45) is 0 Å². The van der Waals surface area contributed by atoms with Crippen molar-refractivity contribution in [1.29, 1.82) is 0 Å². The Morgan fingerprint density at radius 1 is 1.22 bits per heavy atom. The molecule has 0 amide bonds. The fourth-order valence-corrected chi connectivity index (χ4v) is 2.49. The lowest BCUT2D eigenvalue weighted by molar-refractivity contribution is -0.142. The summed E-state index contributed by atoms with van der Waals surface area (Å²) in [6, 6.07) is 4.88. The Hall–Kier alpha value is -2.35. The summed E-state index contributed by atoms with van der Waals surface area (Å²) in [7, 11) is 1.26. The molecule has 0 saturated carbocycles. The van der Waals surface area contributed by atoms with Crippen LogP contribution >= 0.6 is 11.8 Å². The van der Waals surface area contributed by atoms with E-state index in [0.717, 1.165) is 11.4 Å². The second kappa shape index (κ2) is 7.77. The number of carbonyl (C=O) groups is 2. The minimum atomic E-state index is -0.579. The van der Waals surface area contributed by atoms with Gasteiger partial charge in [-0.2, -0.15) is 0 Å². The van der Waals surface area contributed by atoms with Crippen molar-refractivity contribution >= 4 is 23.7 Å². The van der Waals surface area contributed by atoms with Gasteiger partial charge in [0.25, 0.3) is 0 Å². The number of nitrogens with zero attached hydrogens (tertiary/aromatic N) is 2. The van der Waals surface area contributed by atoms with Gasteiger partial charge in [0, 0.05) is 11.4 Å². The molecule has 0 aromatic carbocycles. The Kier molecular flexibility index (Phi) is 5.75. The van der Waals surface area contributed by atoms with Crippen LogP contribution in [0.25, 0.3) is 0 Å². The fraction of sp³-hybridized carbons (Fsp3) is 0.333. The van der Waals surface area contributed by atoms with Gasteiger partial charge in [-0.3, -0.25) is 4.79 Å².